The van der Waals surface area contributed by atoms with E-state index in [0.29, 0.717) is 61.5 Å². The lowest BCUT2D eigenvalue weighted by atomic mass is 10.1. The number of fused-ring (bicyclic) bond motifs is 9. The number of hydrogen-bond donors (Lipinski definition) is 2. The molecule has 2 N–H and O–H groups in total. The quantitative estimate of drug-likeness (QED) is 0.524. The largest absolute Gasteiger partial charge is 0.504 e. The van der Waals surface area contributed by atoms with Crippen molar-refractivity contribution in [1.29, 1.82) is 0 Å². The molecular formula is C24H24FN5O4. The molecule has 3 aliphatic heterocycles. The highest BCUT2D eigenvalue weighted by Crippen LogP contribution is 2.33. The summed E-state index contributed by atoms with van der Waals surface area (Å²) in [6, 6.07) is 7.62. The van der Waals surface area contributed by atoms with Crippen molar-refractivity contribution in [1.82, 2.24) is 20.2 Å². The molecule has 0 unspecified atom stereocenters. The number of ether oxygens (including phenoxy) is 1. The predicted octanol–water partition coefficient (Wildman–Crippen LogP) is 2.23. The van der Waals surface area contributed by atoms with Crippen molar-refractivity contribution in [2.75, 3.05) is 37.7 Å². The molecule has 6 rings (SSSR count). The first-order valence-electron chi connectivity index (χ1n) is 11.2. The van der Waals surface area contributed by atoms with E-state index >= 15 is 0 Å². The van der Waals surface area contributed by atoms with E-state index in [4.69, 9.17) is 4.74 Å². The van der Waals surface area contributed by atoms with Crippen molar-refractivity contribution in [2.45, 2.75) is 19.4 Å². The molecule has 2 aromatic heterocycles. The number of aromatic nitrogens is 2. The summed E-state index contributed by atoms with van der Waals surface area (Å²) in [5.41, 5.74) is 0.699. The highest BCUT2D eigenvalue weighted by Gasteiger charge is 2.27. The SMILES string of the molecule is O=C1NCc2ccc(F)cc2OCCCC(=O)N2CCN(CC2)c2nc1c(O)c1ncccc21. The van der Waals surface area contributed by atoms with Gasteiger partial charge >= 0.3 is 0 Å². The highest BCUT2D eigenvalue weighted by atomic mass is 19.1. The first-order valence-corrected chi connectivity index (χ1v) is 11.2. The fraction of sp³-hybridized carbons (Fsp3) is 0.333. The molecule has 34 heavy (non-hydrogen) atoms. The Morgan fingerprint density at radius 2 is 1.88 bits per heavy atom. The van der Waals surface area contributed by atoms with Crippen LogP contribution in [0.25, 0.3) is 10.9 Å². The summed E-state index contributed by atoms with van der Waals surface area (Å²) in [7, 11) is 0. The number of pyridine rings is 2. The number of nitrogens with zero attached hydrogens (tertiary/aromatic N) is 4. The number of rotatable bonds is 0. The number of piperazine rings is 1. The van der Waals surface area contributed by atoms with Gasteiger partial charge in [0.25, 0.3) is 5.91 Å². The van der Waals surface area contributed by atoms with E-state index in [2.05, 4.69) is 15.3 Å². The normalized spacial score (nSPS) is 17.2. The van der Waals surface area contributed by atoms with Crippen LogP contribution < -0.4 is 15.0 Å². The van der Waals surface area contributed by atoms with Gasteiger partial charge < -0.3 is 25.0 Å². The summed E-state index contributed by atoms with van der Waals surface area (Å²) in [5, 5.41) is 14.2. The van der Waals surface area contributed by atoms with Crippen LogP contribution in [0.5, 0.6) is 11.5 Å². The number of hydrogen-bond acceptors (Lipinski definition) is 7. The lowest BCUT2D eigenvalue weighted by Gasteiger charge is -2.36. The number of halogens is 1. The van der Waals surface area contributed by atoms with E-state index in [9.17, 15) is 19.1 Å². The number of anilines is 1. The molecule has 0 atom stereocenters. The predicted molar refractivity (Wildman–Crippen MR) is 122 cm³/mol. The number of aromatic hydroxyl groups is 1. The second-order valence-electron chi connectivity index (χ2n) is 8.29. The van der Waals surface area contributed by atoms with Crippen LogP contribution >= 0.6 is 0 Å². The molecule has 0 saturated carbocycles. The molecule has 3 aliphatic rings. The van der Waals surface area contributed by atoms with Gasteiger partial charge in [-0.1, -0.05) is 6.07 Å². The van der Waals surface area contributed by atoms with Crippen LogP contribution in [0, 0.1) is 5.82 Å². The minimum atomic E-state index is -0.584. The summed E-state index contributed by atoms with van der Waals surface area (Å²) in [6.45, 7) is 2.39. The molecule has 3 aromatic rings. The Morgan fingerprint density at radius 1 is 1.09 bits per heavy atom. The molecule has 9 nitrogen and oxygen atoms in total. The first kappa shape index (κ1) is 21.9. The summed E-state index contributed by atoms with van der Waals surface area (Å²) in [4.78, 5) is 38.3. The average molecular weight is 465 g/mol. The van der Waals surface area contributed by atoms with Crippen molar-refractivity contribution >= 4 is 28.5 Å². The van der Waals surface area contributed by atoms with Crippen LogP contribution in [0.2, 0.25) is 0 Å². The van der Waals surface area contributed by atoms with Crippen molar-refractivity contribution in [3.05, 3.63) is 53.6 Å². The Kier molecular flexibility index (Phi) is 5.87. The minimum Gasteiger partial charge on any atom is -0.504 e. The molecule has 0 aliphatic carbocycles. The van der Waals surface area contributed by atoms with Crippen molar-refractivity contribution in [2.24, 2.45) is 0 Å². The topological polar surface area (TPSA) is 108 Å². The van der Waals surface area contributed by atoms with Gasteiger partial charge in [0.1, 0.15) is 22.9 Å². The summed E-state index contributed by atoms with van der Waals surface area (Å²) >= 11 is 0. The maximum Gasteiger partial charge on any atom is 0.274 e. The Labute approximate surface area is 195 Å². The maximum absolute atomic E-state index is 13.8. The van der Waals surface area contributed by atoms with E-state index in [1.165, 1.54) is 18.2 Å². The zero-order valence-corrected chi connectivity index (χ0v) is 18.5. The molecule has 0 radical (unpaired) electrons. The number of carbonyl (C=O) groups is 2. The second kappa shape index (κ2) is 9.12. The number of amides is 2. The lowest BCUT2D eigenvalue weighted by Crippen LogP contribution is -2.49. The third-order valence-electron chi connectivity index (χ3n) is 6.12. The van der Waals surface area contributed by atoms with Gasteiger partial charge in [-0.05, 0) is 24.6 Å². The van der Waals surface area contributed by atoms with Crippen LogP contribution in [-0.2, 0) is 11.3 Å². The standard InChI is InChI=1S/C24H24FN5O4/c25-16-6-5-15-14-27-24(33)21-22(32)20-17(3-1-7-26-20)23(28-21)30-10-8-29(9-11-30)19(31)4-2-12-34-18(15)13-16/h1,3,5-7,13,32H,2,4,8-12,14H2,(H,27,33). The smallest absolute Gasteiger partial charge is 0.274 e. The molecule has 10 heteroatoms. The minimum absolute atomic E-state index is 0.0368. The Morgan fingerprint density at radius 3 is 2.71 bits per heavy atom. The molecule has 5 heterocycles. The lowest BCUT2D eigenvalue weighted by molar-refractivity contribution is -0.131. The van der Waals surface area contributed by atoms with Crippen molar-refractivity contribution < 1.29 is 23.8 Å². The Hall–Kier alpha value is -3.95. The zero-order chi connectivity index (χ0) is 23.7. The summed E-state index contributed by atoms with van der Waals surface area (Å²) in [5.74, 6) is -0.488. The summed E-state index contributed by atoms with van der Waals surface area (Å²) in [6.07, 6.45) is 2.37. The molecule has 0 spiro atoms. The van der Waals surface area contributed by atoms with E-state index < -0.39 is 11.7 Å². The van der Waals surface area contributed by atoms with Gasteiger partial charge in [0.15, 0.2) is 11.4 Å². The Bertz CT molecular complexity index is 1260. The molecule has 1 aromatic carbocycles. The van der Waals surface area contributed by atoms with Gasteiger partial charge in [-0.2, -0.15) is 0 Å². The Balaban J connectivity index is 1.55. The van der Waals surface area contributed by atoms with Crippen LogP contribution in [-0.4, -0.2) is 64.6 Å². The maximum atomic E-state index is 13.8. The number of nitrogens with one attached hydrogen (secondary N) is 1. The van der Waals surface area contributed by atoms with Gasteiger partial charge in [0, 0.05) is 62.4 Å². The first-order chi connectivity index (χ1) is 16.5. The number of carbonyl (C=O) groups excluding carboxylic acids is 2. The zero-order valence-electron chi connectivity index (χ0n) is 18.5. The third kappa shape index (κ3) is 4.18. The fourth-order valence-electron chi connectivity index (χ4n) is 4.30. The monoisotopic (exact) mass is 465 g/mol. The highest BCUT2D eigenvalue weighted by molar-refractivity contribution is 6.04. The third-order valence-corrected chi connectivity index (χ3v) is 6.12. The molecule has 2 amide bonds. The van der Waals surface area contributed by atoms with Crippen LogP contribution in [0.3, 0.4) is 0 Å². The molecule has 1 saturated heterocycles. The molecule has 1 fully saturated rings. The van der Waals surface area contributed by atoms with Gasteiger partial charge in [-0.15, -0.1) is 0 Å². The average Bonchev–Trinajstić information content (AvgIpc) is 2.86. The van der Waals surface area contributed by atoms with Gasteiger partial charge in [-0.25, -0.2) is 9.37 Å². The molecular weight excluding hydrogens is 441 g/mol. The molecule has 4 bridgehead atoms. The van der Waals surface area contributed by atoms with Crippen LogP contribution in [0.15, 0.2) is 36.5 Å². The van der Waals surface area contributed by atoms with E-state index in [1.54, 1.807) is 23.2 Å². The van der Waals surface area contributed by atoms with Crippen molar-refractivity contribution in [3.8, 4) is 11.5 Å². The van der Waals surface area contributed by atoms with E-state index in [-0.39, 0.29) is 36.0 Å². The van der Waals surface area contributed by atoms with Gasteiger partial charge in [-0.3, -0.25) is 14.6 Å². The molecule has 176 valence electrons. The summed E-state index contributed by atoms with van der Waals surface area (Å²) < 4.78 is 19.6. The van der Waals surface area contributed by atoms with Gasteiger partial charge in [0.05, 0.1) is 6.61 Å². The number of benzene rings is 1. The fourth-order valence-corrected chi connectivity index (χ4v) is 4.30. The van der Waals surface area contributed by atoms with E-state index in [1.807, 2.05) is 4.90 Å². The van der Waals surface area contributed by atoms with Gasteiger partial charge in [0.2, 0.25) is 5.91 Å². The second-order valence-corrected chi connectivity index (χ2v) is 8.29. The van der Waals surface area contributed by atoms with Crippen LogP contribution in [0.1, 0.15) is 28.9 Å². The van der Waals surface area contributed by atoms with Crippen molar-refractivity contribution in [3.63, 3.8) is 0 Å². The van der Waals surface area contributed by atoms with E-state index in [0.717, 1.165) is 0 Å². The van der Waals surface area contributed by atoms with Crippen LogP contribution in [0.4, 0.5) is 10.2 Å².